The van der Waals surface area contributed by atoms with E-state index in [1.807, 2.05) is 20.8 Å². The molecule has 2 saturated heterocycles. The number of methoxy groups -OCH3 is 1. The minimum absolute atomic E-state index is 0.0331. The second-order valence-corrected chi connectivity index (χ2v) is 16.1. The fraction of sp³-hybridized carbons (Fsp3) is 0.500. The molecule has 9 nitrogen and oxygen atoms in total. The van der Waals surface area contributed by atoms with Gasteiger partial charge < -0.3 is 28.6 Å². The molecule has 53 heavy (non-hydrogen) atoms. The SMILES string of the molecule is COCCCn1cc(CN(C(=O)[C@H]2CN(C(=O)OC(C)(C)C)CC[C@@H]2c2cccc(-c3cccc(CN4CCOCC4)c3)c2)C2CC2)c2ccccc21. The van der Waals surface area contributed by atoms with Crippen molar-refractivity contribution >= 4 is 22.9 Å². The van der Waals surface area contributed by atoms with Gasteiger partial charge in [-0.1, -0.05) is 60.7 Å². The van der Waals surface area contributed by atoms with E-state index in [0.29, 0.717) is 32.7 Å². The Morgan fingerprint density at radius 3 is 2.42 bits per heavy atom. The number of nitrogens with zero attached hydrogens (tertiary/aromatic N) is 4. The Kier molecular flexibility index (Phi) is 11.5. The Balaban J connectivity index is 1.17. The van der Waals surface area contributed by atoms with Gasteiger partial charge in [0.2, 0.25) is 5.91 Å². The van der Waals surface area contributed by atoms with E-state index in [9.17, 15) is 4.79 Å². The van der Waals surface area contributed by atoms with Gasteiger partial charge in [-0.25, -0.2) is 4.79 Å². The second kappa shape index (κ2) is 16.5. The Hall–Kier alpha value is -4.18. The number of aryl methyl sites for hydroxylation is 1. The number of ether oxygens (including phenoxy) is 3. The third-order valence-electron chi connectivity index (χ3n) is 10.9. The zero-order valence-corrected chi connectivity index (χ0v) is 32.0. The minimum Gasteiger partial charge on any atom is -0.444 e. The number of carbonyl (C=O) groups is 2. The van der Waals surface area contributed by atoms with E-state index >= 15 is 4.79 Å². The highest BCUT2D eigenvalue weighted by Gasteiger charge is 2.43. The number of benzene rings is 3. The van der Waals surface area contributed by atoms with Crippen LogP contribution in [0.4, 0.5) is 4.79 Å². The first kappa shape index (κ1) is 37.1. The molecule has 3 aromatic carbocycles. The van der Waals surface area contributed by atoms with Crippen molar-refractivity contribution in [3.05, 3.63) is 95.7 Å². The van der Waals surface area contributed by atoms with Gasteiger partial charge in [0.15, 0.2) is 0 Å². The summed E-state index contributed by atoms with van der Waals surface area (Å²) < 4.78 is 19.0. The summed E-state index contributed by atoms with van der Waals surface area (Å²) in [6, 6.07) is 26.3. The van der Waals surface area contributed by atoms with Gasteiger partial charge in [-0.3, -0.25) is 9.69 Å². The number of piperidine rings is 1. The number of hydrogen-bond donors (Lipinski definition) is 0. The van der Waals surface area contributed by atoms with E-state index in [4.69, 9.17) is 14.2 Å². The molecule has 0 N–H and O–H groups in total. The van der Waals surface area contributed by atoms with Crippen LogP contribution in [0.25, 0.3) is 22.0 Å². The van der Waals surface area contributed by atoms with E-state index in [1.165, 1.54) is 22.0 Å². The number of amides is 2. The van der Waals surface area contributed by atoms with Crippen molar-refractivity contribution in [1.29, 1.82) is 0 Å². The molecular weight excluding hydrogens is 665 g/mol. The lowest BCUT2D eigenvalue weighted by Gasteiger charge is -2.40. The molecule has 1 saturated carbocycles. The highest BCUT2D eigenvalue weighted by atomic mass is 16.6. The summed E-state index contributed by atoms with van der Waals surface area (Å²) >= 11 is 0. The molecule has 1 aliphatic carbocycles. The maximum absolute atomic E-state index is 15.1. The number of likely N-dealkylation sites (tertiary alicyclic amines) is 1. The molecule has 0 bridgehead atoms. The molecular formula is C44H56N4O5. The van der Waals surface area contributed by atoms with Gasteiger partial charge in [0.1, 0.15) is 5.60 Å². The Morgan fingerprint density at radius 1 is 0.906 bits per heavy atom. The molecule has 2 amide bonds. The largest absolute Gasteiger partial charge is 0.444 e. The average Bonchev–Trinajstić information content (AvgIpc) is 3.95. The van der Waals surface area contributed by atoms with Crippen LogP contribution in [0.5, 0.6) is 0 Å². The van der Waals surface area contributed by atoms with Gasteiger partial charge in [0.05, 0.1) is 19.1 Å². The summed E-state index contributed by atoms with van der Waals surface area (Å²) in [5.74, 6) is -0.302. The third-order valence-corrected chi connectivity index (χ3v) is 10.9. The zero-order valence-electron chi connectivity index (χ0n) is 32.0. The van der Waals surface area contributed by atoms with Crippen LogP contribution in [0, 0.1) is 5.92 Å². The third kappa shape index (κ3) is 9.14. The molecule has 7 rings (SSSR count). The highest BCUT2D eigenvalue weighted by molar-refractivity contribution is 5.86. The molecule has 1 aromatic heterocycles. The number of rotatable bonds is 12. The lowest BCUT2D eigenvalue weighted by atomic mass is 9.78. The molecule has 0 unspecified atom stereocenters. The van der Waals surface area contributed by atoms with Crippen LogP contribution in [0.15, 0.2) is 79.0 Å². The standard InChI is InChI=1S/C44H56N4O5/c1-44(2,3)53-43(50)47-20-18-38(35-13-8-12-34(27-35)33-11-7-10-32(26-33)28-45-21-24-52-25-22-45)40(31-47)42(49)48(37-16-17-37)30-36-29-46(19-9-23-51-4)41-15-6-5-14-39(36)41/h5-8,10-15,26-27,29,37-38,40H,9,16-25,28,30-31H2,1-4H3/t38-,40+/m1/s1. The van der Waals surface area contributed by atoms with Crippen LogP contribution < -0.4 is 0 Å². The van der Waals surface area contributed by atoms with Crippen molar-refractivity contribution < 1.29 is 23.8 Å². The van der Waals surface area contributed by atoms with Crippen LogP contribution >= 0.6 is 0 Å². The zero-order chi connectivity index (χ0) is 37.0. The second-order valence-electron chi connectivity index (χ2n) is 16.1. The molecule has 2 atom stereocenters. The first-order chi connectivity index (χ1) is 25.7. The molecule has 3 fully saturated rings. The fourth-order valence-electron chi connectivity index (χ4n) is 8.09. The van der Waals surface area contributed by atoms with Crippen molar-refractivity contribution in [3.63, 3.8) is 0 Å². The molecule has 3 aliphatic rings. The van der Waals surface area contributed by atoms with Crippen LogP contribution in [0.1, 0.15) is 69.1 Å². The predicted octanol–water partition coefficient (Wildman–Crippen LogP) is 7.71. The van der Waals surface area contributed by atoms with Gasteiger partial charge in [0.25, 0.3) is 0 Å². The molecule has 3 heterocycles. The lowest BCUT2D eigenvalue weighted by molar-refractivity contribution is -0.139. The summed E-state index contributed by atoms with van der Waals surface area (Å²) in [7, 11) is 1.74. The van der Waals surface area contributed by atoms with Crippen molar-refractivity contribution in [2.75, 3.05) is 53.1 Å². The maximum Gasteiger partial charge on any atom is 0.410 e. The molecule has 4 aromatic rings. The normalized spacial score (nSPS) is 19.7. The van der Waals surface area contributed by atoms with E-state index in [2.05, 4.69) is 93.4 Å². The minimum atomic E-state index is -0.615. The van der Waals surface area contributed by atoms with Crippen molar-refractivity contribution in [2.24, 2.45) is 5.92 Å². The Morgan fingerprint density at radius 2 is 1.66 bits per heavy atom. The highest BCUT2D eigenvalue weighted by Crippen LogP contribution is 2.40. The van der Waals surface area contributed by atoms with Crippen molar-refractivity contribution in [2.45, 2.75) is 83.6 Å². The van der Waals surface area contributed by atoms with Crippen LogP contribution in [-0.4, -0.2) is 96.0 Å². The van der Waals surface area contributed by atoms with E-state index in [0.717, 1.165) is 75.3 Å². The first-order valence-corrected chi connectivity index (χ1v) is 19.5. The van der Waals surface area contributed by atoms with Crippen molar-refractivity contribution in [3.8, 4) is 11.1 Å². The summed E-state index contributed by atoms with van der Waals surface area (Å²) in [5, 5.41) is 1.18. The smallest absolute Gasteiger partial charge is 0.410 e. The number of hydrogen-bond acceptors (Lipinski definition) is 6. The Bertz CT molecular complexity index is 1870. The van der Waals surface area contributed by atoms with Crippen LogP contribution in [0.2, 0.25) is 0 Å². The Labute approximate surface area is 314 Å². The van der Waals surface area contributed by atoms with Crippen LogP contribution in [0.3, 0.4) is 0 Å². The first-order valence-electron chi connectivity index (χ1n) is 19.5. The number of aromatic nitrogens is 1. The predicted molar refractivity (Wildman–Crippen MR) is 209 cm³/mol. The molecule has 282 valence electrons. The fourth-order valence-corrected chi connectivity index (χ4v) is 8.09. The molecule has 0 spiro atoms. The average molecular weight is 721 g/mol. The van der Waals surface area contributed by atoms with Gasteiger partial charge in [-0.2, -0.15) is 0 Å². The van der Waals surface area contributed by atoms with E-state index in [-0.39, 0.29) is 24.0 Å². The number of carbonyl (C=O) groups excluding carboxylic acids is 2. The lowest BCUT2D eigenvalue weighted by Crippen LogP contribution is -2.51. The monoisotopic (exact) mass is 720 g/mol. The van der Waals surface area contributed by atoms with Gasteiger partial charge in [0, 0.05) is 82.7 Å². The molecule has 9 heteroatoms. The quantitative estimate of drug-likeness (QED) is 0.140. The van der Waals surface area contributed by atoms with Crippen LogP contribution in [-0.2, 0) is 38.6 Å². The molecule has 2 aliphatic heterocycles. The van der Waals surface area contributed by atoms with Crippen molar-refractivity contribution in [1.82, 2.24) is 19.3 Å². The topological polar surface area (TPSA) is 76.5 Å². The number of fused-ring (bicyclic) bond motifs is 1. The number of para-hydroxylation sites is 1. The molecule has 0 radical (unpaired) electrons. The van der Waals surface area contributed by atoms with E-state index in [1.54, 1.807) is 12.0 Å². The maximum atomic E-state index is 15.1. The van der Waals surface area contributed by atoms with E-state index < -0.39 is 11.5 Å². The van der Waals surface area contributed by atoms with Gasteiger partial charge in [-0.05, 0) is 92.3 Å². The number of morpholine rings is 1. The van der Waals surface area contributed by atoms with Gasteiger partial charge in [-0.15, -0.1) is 0 Å². The summed E-state index contributed by atoms with van der Waals surface area (Å²) in [6.07, 6.45) is 5.49. The summed E-state index contributed by atoms with van der Waals surface area (Å²) in [4.78, 5) is 34.9. The summed E-state index contributed by atoms with van der Waals surface area (Å²) in [6.45, 7) is 13.0. The summed E-state index contributed by atoms with van der Waals surface area (Å²) in [5.41, 5.74) is 6.48. The van der Waals surface area contributed by atoms with Gasteiger partial charge >= 0.3 is 6.09 Å².